The predicted octanol–water partition coefficient (Wildman–Crippen LogP) is 2.06. The van der Waals surface area contributed by atoms with Gasteiger partial charge in [0.25, 0.3) is 0 Å². The van der Waals surface area contributed by atoms with Crippen molar-refractivity contribution in [1.82, 2.24) is 5.32 Å². The summed E-state index contributed by atoms with van der Waals surface area (Å²) in [6, 6.07) is 0.174. The van der Waals surface area contributed by atoms with Crippen LogP contribution in [0.3, 0.4) is 0 Å². The molecule has 0 unspecified atom stereocenters. The van der Waals surface area contributed by atoms with Crippen LogP contribution >= 0.6 is 11.6 Å². The molecule has 0 saturated carbocycles. The number of hydrogen-bond donors (Lipinski definition) is 1. The number of ether oxygens (including phenoxy) is 1. The fourth-order valence-corrected chi connectivity index (χ4v) is 2.48. The Morgan fingerprint density at radius 3 is 3.00 bits per heavy atom. The molecule has 0 bridgehead atoms. The Morgan fingerprint density at radius 1 is 1.50 bits per heavy atom. The zero-order valence-corrected chi connectivity index (χ0v) is 9.34. The van der Waals surface area contributed by atoms with Gasteiger partial charge in [-0.1, -0.05) is 19.9 Å². The van der Waals surface area contributed by atoms with E-state index in [4.69, 9.17) is 16.3 Å². The van der Waals surface area contributed by atoms with Gasteiger partial charge in [-0.25, -0.2) is 0 Å². The molecule has 0 aromatic carbocycles. The summed E-state index contributed by atoms with van der Waals surface area (Å²) in [7, 11) is 0. The maximum Gasteiger partial charge on any atom is 0.115 e. The van der Waals surface area contributed by atoms with Gasteiger partial charge in [0.2, 0.25) is 0 Å². The van der Waals surface area contributed by atoms with Crippen LogP contribution in [0.15, 0.2) is 23.5 Å². The zero-order valence-electron chi connectivity index (χ0n) is 8.59. The fraction of sp³-hybridized carbons (Fsp3) is 0.636. The lowest BCUT2D eigenvalue weighted by Gasteiger charge is -2.35. The first-order chi connectivity index (χ1) is 6.70. The summed E-state index contributed by atoms with van der Waals surface area (Å²) in [6.07, 6.45) is 4.15. The average Bonchev–Trinajstić information content (AvgIpc) is 2.18. The fourth-order valence-electron chi connectivity index (χ4n) is 1.95. The Morgan fingerprint density at radius 2 is 2.29 bits per heavy atom. The van der Waals surface area contributed by atoms with Crippen molar-refractivity contribution in [2.24, 2.45) is 5.92 Å². The molecule has 2 nitrogen and oxygen atoms in total. The van der Waals surface area contributed by atoms with Crippen molar-refractivity contribution in [3.63, 3.8) is 0 Å². The third-order valence-corrected chi connectivity index (χ3v) is 3.26. The largest absolute Gasteiger partial charge is 0.495 e. The molecule has 14 heavy (non-hydrogen) atoms. The lowest BCUT2D eigenvalue weighted by molar-refractivity contribution is 0.147. The Balaban J connectivity index is 2.23. The molecule has 0 aromatic heterocycles. The van der Waals surface area contributed by atoms with E-state index in [0.717, 1.165) is 18.9 Å². The van der Waals surface area contributed by atoms with E-state index in [-0.39, 0.29) is 11.4 Å². The minimum atomic E-state index is 0.0373. The van der Waals surface area contributed by atoms with Crippen LogP contribution in [0.1, 0.15) is 13.8 Å². The van der Waals surface area contributed by atoms with Gasteiger partial charge in [0.15, 0.2) is 0 Å². The molecule has 0 spiro atoms. The quantitative estimate of drug-likeness (QED) is 0.674. The molecule has 0 radical (unpaired) electrons. The van der Waals surface area contributed by atoms with Gasteiger partial charge < -0.3 is 10.1 Å². The van der Waals surface area contributed by atoms with Crippen molar-refractivity contribution in [2.75, 3.05) is 13.2 Å². The van der Waals surface area contributed by atoms with Crippen LogP contribution < -0.4 is 5.32 Å². The van der Waals surface area contributed by atoms with Gasteiger partial charge in [-0.05, 0) is 17.6 Å². The molecule has 0 aromatic rings. The molecular formula is C11H16ClNO. The normalized spacial score (nSPS) is 31.7. The highest BCUT2D eigenvalue weighted by Gasteiger charge is 2.32. The first-order valence-corrected chi connectivity index (χ1v) is 5.55. The monoisotopic (exact) mass is 213 g/mol. The number of rotatable bonds is 1. The number of halogens is 1. The van der Waals surface area contributed by atoms with E-state index in [1.54, 1.807) is 0 Å². The predicted molar refractivity (Wildman–Crippen MR) is 58.4 cm³/mol. The van der Waals surface area contributed by atoms with E-state index in [9.17, 15) is 0 Å². The molecule has 0 amide bonds. The van der Waals surface area contributed by atoms with Crippen molar-refractivity contribution >= 4 is 11.6 Å². The minimum absolute atomic E-state index is 0.0373. The van der Waals surface area contributed by atoms with Crippen LogP contribution in [0, 0.1) is 5.92 Å². The molecule has 1 saturated heterocycles. The maximum atomic E-state index is 6.40. The van der Waals surface area contributed by atoms with Gasteiger partial charge in [-0.15, -0.1) is 11.6 Å². The number of fused-ring (bicyclic) bond motifs is 1. The van der Waals surface area contributed by atoms with Crippen LogP contribution in [0.25, 0.3) is 0 Å². The Bertz CT molecular complexity index is 283. The minimum Gasteiger partial charge on any atom is -0.495 e. The topological polar surface area (TPSA) is 21.3 Å². The van der Waals surface area contributed by atoms with Crippen molar-refractivity contribution in [3.8, 4) is 0 Å². The van der Waals surface area contributed by atoms with Crippen molar-refractivity contribution in [2.45, 2.75) is 25.3 Å². The Labute approximate surface area is 90.0 Å². The van der Waals surface area contributed by atoms with E-state index < -0.39 is 0 Å². The lowest BCUT2D eigenvalue weighted by atomic mass is 9.90. The molecule has 3 heteroatoms. The molecule has 2 atom stereocenters. The second-order valence-electron chi connectivity index (χ2n) is 4.07. The van der Waals surface area contributed by atoms with E-state index in [1.807, 2.05) is 6.08 Å². The summed E-state index contributed by atoms with van der Waals surface area (Å²) in [5, 5.41) is 3.43. The second kappa shape index (κ2) is 3.95. The first-order valence-electron chi connectivity index (χ1n) is 5.12. The molecular weight excluding hydrogens is 198 g/mol. The zero-order chi connectivity index (χ0) is 10.1. The van der Waals surface area contributed by atoms with Gasteiger partial charge in [0.05, 0.1) is 11.4 Å². The summed E-state index contributed by atoms with van der Waals surface area (Å²) < 4.78 is 5.55. The highest BCUT2D eigenvalue weighted by Crippen LogP contribution is 2.30. The second-order valence-corrected chi connectivity index (χ2v) is 4.54. The number of nitrogens with one attached hydrogen (secondary N) is 1. The van der Waals surface area contributed by atoms with E-state index in [1.165, 1.54) is 5.57 Å². The summed E-state index contributed by atoms with van der Waals surface area (Å²) in [5.74, 6) is 1.49. The highest BCUT2D eigenvalue weighted by molar-refractivity contribution is 6.23. The number of alkyl halides is 1. The third-order valence-electron chi connectivity index (χ3n) is 2.76. The van der Waals surface area contributed by atoms with Gasteiger partial charge in [-0.2, -0.15) is 0 Å². The van der Waals surface area contributed by atoms with Gasteiger partial charge in [0, 0.05) is 6.54 Å². The van der Waals surface area contributed by atoms with Crippen molar-refractivity contribution in [1.29, 1.82) is 0 Å². The van der Waals surface area contributed by atoms with Crippen molar-refractivity contribution in [3.05, 3.63) is 23.5 Å². The number of morpholine rings is 1. The van der Waals surface area contributed by atoms with Crippen LogP contribution in [0.4, 0.5) is 0 Å². The number of allylic oxidation sites excluding steroid dienone is 2. The standard InChI is InChI=1S/C11H16ClNO/c1-7(2)8-3-4-9-11(10(8)12)13-5-6-14-9/h3-4,7,10-11,13H,5-6H2,1-2H3/t10-,11+/m1/s1. The number of hydrogen-bond acceptors (Lipinski definition) is 2. The molecule has 78 valence electrons. The van der Waals surface area contributed by atoms with E-state index in [0.29, 0.717) is 5.92 Å². The molecule has 2 aliphatic rings. The van der Waals surface area contributed by atoms with Gasteiger partial charge >= 0.3 is 0 Å². The molecule has 1 N–H and O–H groups in total. The van der Waals surface area contributed by atoms with Crippen LogP contribution in [0.2, 0.25) is 0 Å². The first kappa shape index (κ1) is 10.1. The van der Waals surface area contributed by atoms with Crippen LogP contribution in [-0.2, 0) is 4.74 Å². The molecule has 1 aliphatic heterocycles. The summed E-state index contributed by atoms with van der Waals surface area (Å²) in [5.41, 5.74) is 1.29. The molecule has 1 aliphatic carbocycles. The van der Waals surface area contributed by atoms with Crippen molar-refractivity contribution < 1.29 is 4.74 Å². The van der Waals surface area contributed by atoms with E-state index >= 15 is 0 Å². The Hall–Kier alpha value is -0.470. The Kier molecular flexibility index (Phi) is 2.84. The molecule has 1 heterocycles. The van der Waals surface area contributed by atoms with Crippen LogP contribution in [-0.4, -0.2) is 24.6 Å². The molecule has 2 rings (SSSR count). The summed E-state index contributed by atoms with van der Waals surface area (Å²) in [4.78, 5) is 0. The SMILES string of the molecule is CC(C)C1=CC=C2OCCN[C@@H]2[C@@H]1Cl. The molecule has 1 fully saturated rings. The summed E-state index contributed by atoms with van der Waals surface area (Å²) in [6.45, 7) is 5.97. The van der Waals surface area contributed by atoms with Gasteiger partial charge in [-0.3, -0.25) is 0 Å². The maximum absolute atomic E-state index is 6.40. The smallest absolute Gasteiger partial charge is 0.115 e. The average molecular weight is 214 g/mol. The third kappa shape index (κ3) is 1.69. The lowest BCUT2D eigenvalue weighted by Crippen LogP contribution is -2.47. The summed E-state index contributed by atoms with van der Waals surface area (Å²) >= 11 is 6.40. The highest BCUT2D eigenvalue weighted by atomic mass is 35.5. The van der Waals surface area contributed by atoms with E-state index in [2.05, 4.69) is 25.2 Å². The van der Waals surface area contributed by atoms with Gasteiger partial charge in [0.1, 0.15) is 12.4 Å². The van der Waals surface area contributed by atoms with Crippen LogP contribution in [0.5, 0.6) is 0 Å².